The summed E-state index contributed by atoms with van der Waals surface area (Å²) in [6, 6.07) is 2.69. The molecule has 0 aromatic carbocycles. The summed E-state index contributed by atoms with van der Waals surface area (Å²) in [5.74, 6) is 0.952. The highest BCUT2D eigenvalue weighted by Gasteiger charge is 2.22. The van der Waals surface area contributed by atoms with Gasteiger partial charge < -0.3 is 5.32 Å². The van der Waals surface area contributed by atoms with E-state index in [0.717, 1.165) is 21.4 Å². The van der Waals surface area contributed by atoms with Gasteiger partial charge in [0.05, 0.1) is 0 Å². The standard InChI is InChI=1S/C12H12BrN3/c1-7-4-9-10(5-14-7)12(15-6-11(9)13)16-8-2-3-8/h4-6,8H,2-3H2,1H3,(H,15,16). The van der Waals surface area contributed by atoms with Gasteiger partial charge in [0.25, 0.3) is 0 Å². The van der Waals surface area contributed by atoms with Crippen LogP contribution >= 0.6 is 15.9 Å². The fraction of sp³-hybridized carbons (Fsp3) is 0.333. The van der Waals surface area contributed by atoms with Crippen molar-refractivity contribution in [3.05, 3.63) is 28.6 Å². The van der Waals surface area contributed by atoms with Gasteiger partial charge in [-0.05, 0) is 41.8 Å². The average molecular weight is 278 g/mol. The van der Waals surface area contributed by atoms with Crippen molar-refractivity contribution in [2.45, 2.75) is 25.8 Å². The lowest BCUT2D eigenvalue weighted by atomic mass is 10.2. The Hall–Kier alpha value is -1.16. The first-order chi connectivity index (χ1) is 7.74. The fourth-order valence-corrected chi connectivity index (χ4v) is 2.17. The Balaban J connectivity index is 2.17. The molecule has 0 radical (unpaired) electrons. The number of rotatable bonds is 2. The topological polar surface area (TPSA) is 37.8 Å². The Morgan fingerprint density at radius 2 is 2.06 bits per heavy atom. The molecule has 0 spiro atoms. The van der Waals surface area contributed by atoms with E-state index in [2.05, 4.69) is 37.3 Å². The molecule has 3 rings (SSSR count). The molecule has 1 N–H and O–H groups in total. The lowest BCUT2D eigenvalue weighted by Crippen LogP contribution is -2.03. The first-order valence-corrected chi connectivity index (χ1v) is 6.21. The Morgan fingerprint density at radius 3 is 2.81 bits per heavy atom. The molecule has 0 amide bonds. The number of fused-ring (bicyclic) bond motifs is 1. The molecule has 4 heteroatoms. The maximum Gasteiger partial charge on any atom is 0.135 e. The van der Waals surface area contributed by atoms with Crippen LogP contribution in [-0.2, 0) is 0 Å². The number of hydrogen-bond acceptors (Lipinski definition) is 3. The summed E-state index contributed by atoms with van der Waals surface area (Å²) in [7, 11) is 0. The van der Waals surface area contributed by atoms with Crippen molar-refractivity contribution in [1.82, 2.24) is 9.97 Å². The zero-order chi connectivity index (χ0) is 11.1. The van der Waals surface area contributed by atoms with Crippen LogP contribution in [0.5, 0.6) is 0 Å². The van der Waals surface area contributed by atoms with Gasteiger partial charge in [-0.15, -0.1) is 0 Å². The summed E-state index contributed by atoms with van der Waals surface area (Å²) >= 11 is 3.53. The third-order valence-corrected chi connectivity index (χ3v) is 3.41. The van der Waals surface area contributed by atoms with Gasteiger partial charge in [0.15, 0.2) is 0 Å². The van der Waals surface area contributed by atoms with Gasteiger partial charge >= 0.3 is 0 Å². The third-order valence-electron chi connectivity index (χ3n) is 2.78. The number of nitrogens with zero attached hydrogens (tertiary/aromatic N) is 2. The second-order valence-electron chi connectivity index (χ2n) is 4.24. The SMILES string of the molecule is Cc1cc2c(Br)cnc(NC3CC3)c2cn1. The predicted octanol–water partition coefficient (Wildman–Crippen LogP) is 3.28. The Labute approximate surface area is 102 Å². The van der Waals surface area contributed by atoms with E-state index in [0.29, 0.717) is 6.04 Å². The minimum atomic E-state index is 0.609. The van der Waals surface area contributed by atoms with Gasteiger partial charge in [-0.3, -0.25) is 4.98 Å². The smallest absolute Gasteiger partial charge is 0.135 e. The van der Waals surface area contributed by atoms with Gasteiger partial charge in [0.1, 0.15) is 5.82 Å². The summed E-state index contributed by atoms with van der Waals surface area (Å²) in [5.41, 5.74) is 1.02. The molecular weight excluding hydrogens is 266 g/mol. The van der Waals surface area contributed by atoms with Crippen LogP contribution in [0.3, 0.4) is 0 Å². The zero-order valence-electron chi connectivity index (χ0n) is 9.00. The molecule has 82 valence electrons. The first kappa shape index (κ1) is 10.0. The van der Waals surface area contributed by atoms with Crippen molar-refractivity contribution in [3.63, 3.8) is 0 Å². The summed E-state index contributed by atoms with van der Waals surface area (Å²) in [6.45, 7) is 2.00. The molecule has 3 nitrogen and oxygen atoms in total. The van der Waals surface area contributed by atoms with Gasteiger partial charge in [0.2, 0.25) is 0 Å². The highest BCUT2D eigenvalue weighted by Crippen LogP contribution is 2.31. The van der Waals surface area contributed by atoms with Crippen molar-refractivity contribution < 1.29 is 0 Å². The van der Waals surface area contributed by atoms with E-state index < -0.39 is 0 Å². The molecule has 0 saturated heterocycles. The number of halogens is 1. The number of nitrogens with one attached hydrogen (secondary N) is 1. The van der Waals surface area contributed by atoms with Crippen molar-refractivity contribution in [3.8, 4) is 0 Å². The van der Waals surface area contributed by atoms with Crippen LogP contribution in [0, 0.1) is 6.92 Å². The Kier molecular flexibility index (Phi) is 2.32. The molecule has 1 aliphatic carbocycles. The minimum absolute atomic E-state index is 0.609. The number of pyridine rings is 2. The lowest BCUT2D eigenvalue weighted by molar-refractivity contribution is 1.12. The van der Waals surface area contributed by atoms with Gasteiger partial charge in [-0.25, -0.2) is 4.98 Å². The molecule has 1 aliphatic rings. The highest BCUT2D eigenvalue weighted by molar-refractivity contribution is 9.10. The van der Waals surface area contributed by atoms with Gasteiger partial charge in [-0.2, -0.15) is 0 Å². The van der Waals surface area contributed by atoms with E-state index in [1.807, 2.05) is 19.3 Å². The lowest BCUT2D eigenvalue weighted by Gasteiger charge is -2.09. The maximum atomic E-state index is 4.42. The molecule has 0 unspecified atom stereocenters. The number of aromatic nitrogens is 2. The van der Waals surface area contributed by atoms with Crippen LogP contribution in [-0.4, -0.2) is 16.0 Å². The van der Waals surface area contributed by atoms with Gasteiger partial charge in [0, 0.05) is 39.4 Å². The molecule has 1 fully saturated rings. The largest absolute Gasteiger partial charge is 0.367 e. The normalized spacial score (nSPS) is 15.4. The van der Waals surface area contributed by atoms with E-state index in [1.54, 1.807) is 0 Å². The van der Waals surface area contributed by atoms with E-state index in [1.165, 1.54) is 18.2 Å². The summed E-state index contributed by atoms with van der Waals surface area (Å²) in [4.78, 5) is 8.75. The minimum Gasteiger partial charge on any atom is -0.367 e. The molecule has 2 aromatic rings. The molecule has 1 saturated carbocycles. The van der Waals surface area contributed by atoms with Crippen LogP contribution in [0.1, 0.15) is 18.5 Å². The van der Waals surface area contributed by atoms with Crippen LogP contribution < -0.4 is 5.32 Å². The van der Waals surface area contributed by atoms with Crippen molar-refractivity contribution in [1.29, 1.82) is 0 Å². The monoisotopic (exact) mass is 277 g/mol. The highest BCUT2D eigenvalue weighted by atomic mass is 79.9. The molecule has 0 atom stereocenters. The molecular formula is C12H12BrN3. The molecule has 0 bridgehead atoms. The van der Waals surface area contributed by atoms with Crippen LogP contribution in [0.2, 0.25) is 0 Å². The van der Waals surface area contributed by atoms with Crippen LogP contribution in [0.15, 0.2) is 22.9 Å². The molecule has 2 aromatic heterocycles. The molecule has 16 heavy (non-hydrogen) atoms. The van der Waals surface area contributed by atoms with Crippen LogP contribution in [0.25, 0.3) is 10.8 Å². The quantitative estimate of drug-likeness (QED) is 0.916. The van der Waals surface area contributed by atoms with E-state index >= 15 is 0 Å². The van der Waals surface area contributed by atoms with Gasteiger partial charge in [-0.1, -0.05) is 0 Å². The van der Waals surface area contributed by atoms with E-state index in [-0.39, 0.29) is 0 Å². The molecule has 0 aliphatic heterocycles. The Morgan fingerprint density at radius 1 is 1.25 bits per heavy atom. The van der Waals surface area contributed by atoms with Crippen molar-refractivity contribution >= 4 is 32.5 Å². The first-order valence-electron chi connectivity index (χ1n) is 5.41. The molecule has 2 heterocycles. The maximum absolute atomic E-state index is 4.42. The summed E-state index contributed by atoms with van der Waals surface area (Å²) in [6.07, 6.45) is 6.25. The average Bonchev–Trinajstić information content (AvgIpc) is 3.06. The van der Waals surface area contributed by atoms with Crippen molar-refractivity contribution in [2.75, 3.05) is 5.32 Å². The Bertz CT molecular complexity index is 549. The summed E-state index contributed by atoms with van der Waals surface area (Å²) in [5, 5.41) is 5.70. The van der Waals surface area contributed by atoms with E-state index in [4.69, 9.17) is 0 Å². The summed E-state index contributed by atoms with van der Waals surface area (Å²) < 4.78 is 1.02. The predicted molar refractivity (Wildman–Crippen MR) is 68.6 cm³/mol. The number of hydrogen-bond donors (Lipinski definition) is 1. The van der Waals surface area contributed by atoms with Crippen molar-refractivity contribution in [2.24, 2.45) is 0 Å². The second kappa shape index (κ2) is 3.70. The number of aryl methyl sites for hydroxylation is 1. The second-order valence-corrected chi connectivity index (χ2v) is 5.10. The zero-order valence-corrected chi connectivity index (χ0v) is 10.6. The third kappa shape index (κ3) is 1.78. The fourth-order valence-electron chi connectivity index (χ4n) is 1.74. The van der Waals surface area contributed by atoms with E-state index in [9.17, 15) is 0 Å². The number of anilines is 1. The van der Waals surface area contributed by atoms with Crippen LogP contribution in [0.4, 0.5) is 5.82 Å².